The molecule has 42 heavy (non-hydrogen) atoms. The summed E-state index contributed by atoms with van der Waals surface area (Å²) >= 11 is 0. The Morgan fingerprint density at radius 1 is 0.810 bits per heavy atom. The molecule has 0 spiro atoms. The Bertz CT molecular complexity index is 1200. The van der Waals surface area contributed by atoms with Gasteiger partial charge in [-0.1, -0.05) is 76.9 Å². The topological polar surface area (TPSA) is 18.5 Å². The minimum absolute atomic E-state index is 0.00546. The normalized spacial score (nSPS) is 17.5. The van der Waals surface area contributed by atoms with E-state index in [1.54, 1.807) is 6.08 Å². The minimum Gasteiger partial charge on any atom is -0.429 e. The zero-order valence-electron chi connectivity index (χ0n) is 23.1. The molecule has 0 aliphatic heterocycles. The summed E-state index contributed by atoms with van der Waals surface area (Å²) in [6.45, 7) is 2.19. The van der Waals surface area contributed by atoms with E-state index < -0.39 is 58.5 Å². The van der Waals surface area contributed by atoms with E-state index in [0.29, 0.717) is 24.5 Å². The third-order valence-electron chi connectivity index (χ3n) is 7.40. The molecule has 0 saturated heterocycles. The van der Waals surface area contributed by atoms with Crippen LogP contribution in [-0.2, 0) is 6.11 Å². The van der Waals surface area contributed by atoms with Crippen LogP contribution in [0.1, 0.15) is 88.7 Å². The average molecular weight is 609 g/mol. The number of rotatable bonds is 14. The fourth-order valence-electron chi connectivity index (χ4n) is 5.21. The molecule has 1 aliphatic rings. The predicted molar refractivity (Wildman–Crippen MR) is 141 cm³/mol. The van der Waals surface area contributed by atoms with Crippen molar-refractivity contribution in [3.05, 3.63) is 76.8 Å². The molecule has 2 aromatic carbocycles. The molecule has 11 heteroatoms. The third-order valence-corrected chi connectivity index (χ3v) is 7.40. The van der Waals surface area contributed by atoms with Crippen LogP contribution in [0.2, 0.25) is 0 Å². The lowest BCUT2D eigenvalue weighted by molar-refractivity contribution is -0.189. The molecule has 0 bridgehead atoms. The summed E-state index contributed by atoms with van der Waals surface area (Å²) in [6, 6.07) is -1.14. The summed E-state index contributed by atoms with van der Waals surface area (Å²) in [7, 11) is 0. The van der Waals surface area contributed by atoms with Crippen molar-refractivity contribution in [2.75, 3.05) is 0 Å². The van der Waals surface area contributed by atoms with Crippen molar-refractivity contribution in [1.82, 2.24) is 0 Å². The van der Waals surface area contributed by atoms with Crippen LogP contribution in [0.15, 0.2) is 42.4 Å². The Hall–Kier alpha value is -3.11. The Morgan fingerprint density at radius 2 is 1.38 bits per heavy atom. The Kier molecular flexibility index (Phi) is 12.2. The number of hydrogen-bond donors (Lipinski definition) is 0. The second-order valence-corrected chi connectivity index (χ2v) is 10.5. The summed E-state index contributed by atoms with van der Waals surface area (Å²) in [5.41, 5.74) is -1.81. The lowest BCUT2D eigenvalue weighted by Crippen LogP contribution is -2.25. The second kappa shape index (κ2) is 15.4. The van der Waals surface area contributed by atoms with Crippen LogP contribution in [0.25, 0.3) is 6.08 Å². The summed E-state index contributed by atoms with van der Waals surface area (Å²) < 4.78 is 131. The first-order valence-corrected chi connectivity index (χ1v) is 14.0. The standard InChI is InChI=1S/C31H33F9O2/c1-2-3-4-5-8-19-11-13-20(14-12-19)9-6-7-10-21-15-23(32)27(24(33)16-21)31(39,40)42-22-17-25(34)28(26(35)18-22)41-30(38)29(36)37/h7,10,15-20H,2-6,8-9,11-14H2,1H3/b10-7+. The van der Waals surface area contributed by atoms with Gasteiger partial charge in [-0.25, -0.2) is 17.6 Å². The maximum atomic E-state index is 14.7. The lowest BCUT2D eigenvalue weighted by Gasteiger charge is -2.28. The van der Waals surface area contributed by atoms with E-state index in [1.165, 1.54) is 51.0 Å². The van der Waals surface area contributed by atoms with E-state index in [4.69, 9.17) is 0 Å². The van der Waals surface area contributed by atoms with E-state index in [1.807, 2.05) is 0 Å². The van der Waals surface area contributed by atoms with Crippen LogP contribution < -0.4 is 9.47 Å². The van der Waals surface area contributed by atoms with Crippen molar-refractivity contribution < 1.29 is 49.0 Å². The highest BCUT2D eigenvalue weighted by Crippen LogP contribution is 2.38. The minimum atomic E-state index is -4.73. The Morgan fingerprint density at radius 3 is 1.93 bits per heavy atom. The smallest absolute Gasteiger partial charge is 0.429 e. The highest BCUT2D eigenvalue weighted by atomic mass is 19.3. The summed E-state index contributed by atoms with van der Waals surface area (Å²) in [5.74, 6) is -8.65. The molecular formula is C31H33F9O2. The second-order valence-electron chi connectivity index (χ2n) is 10.5. The molecule has 0 radical (unpaired) electrons. The maximum Gasteiger partial charge on any atom is 0.432 e. The molecule has 0 heterocycles. The number of allylic oxidation sites excluding steroid dienone is 1. The molecule has 1 saturated carbocycles. The molecule has 1 aliphatic carbocycles. The van der Waals surface area contributed by atoms with Crippen LogP contribution in [0, 0.1) is 35.1 Å². The van der Waals surface area contributed by atoms with E-state index in [0.717, 1.165) is 25.2 Å². The van der Waals surface area contributed by atoms with E-state index in [2.05, 4.69) is 16.4 Å². The largest absolute Gasteiger partial charge is 0.432 e. The Balaban J connectivity index is 1.58. The van der Waals surface area contributed by atoms with Gasteiger partial charge in [0.15, 0.2) is 11.6 Å². The first-order valence-electron chi connectivity index (χ1n) is 14.0. The van der Waals surface area contributed by atoms with Gasteiger partial charge in [-0.2, -0.15) is 22.0 Å². The fraction of sp³-hybridized carbons (Fsp3) is 0.484. The zero-order valence-corrected chi connectivity index (χ0v) is 23.1. The Labute approximate surface area is 239 Å². The highest BCUT2D eigenvalue weighted by Gasteiger charge is 2.41. The van der Waals surface area contributed by atoms with Crippen molar-refractivity contribution in [1.29, 1.82) is 0 Å². The number of unbranched alkanes of at least 4 members (excludes halogenated alkanes) is 3. The average Bonchev–Trinajstić information content (AvgIpc) is 2.91. The highest BCUT2D eigenvalue weighted by molar-refractivity contribution is 5.51. The van der Waals surface area contributed by atoms with E-state index in [-0.39, 0.29) is 17.7 Å². The lowest BCUT2D eigenvalue weighted by atomic mass is 9.78. The first kappa shape index (κ1) is 33.4. The van der Waals surface area contributed by atoms with Crippen LogP contribution >= 0.6 is 0 Å². The molecule has 1 fully saturated rings. The van der Waals surface area contributed by atoms with Gasteiger partial charge in [-0.15, -0.1) is 0 Å². The van der Waals surface area contributed by atoms with Crippen molar-refractivity contribution in [2.24, 2.45) is 11.8 Å². The molecule has 232 valence electrons. The van der Waals surface area contributed by atoms with Crippen LogP contribution in [0.4, 0.5) is 39.5 Å². The third kappa shape index (κ3) is 9.46. The van der Waals surface area contributed by atoms with Gasteiger partial charge in [-0.05, 0) is 42.4 Å². The quantitative estimate of drug-likeness (QED) is 0.121. The molecule has 2 aromatic rings. The summed E-state index contributed by atoms with van der Waals surface area (Å²) in [6.07, 6.45) is 8.02. The maximum absolute atomic E-state index is 14.7. The summed E-state index contributed by atoms with van der Waals surface area (Å²) in [5, 5.41) is 0. The molecule has 3 rings (SSSR count). The fourth-order valence-corrected chi connectivity index (χ4v) is 5.21. The number of halogens is 9. The van der Waals surface area contributed by atoms with Gasteiger partial charge in [0, 0.05) is 12.1 Å². The molecule has 0 unspecified atom stereocenters. The summed E-state index contributed by atoms with van der Waals surface area (Å²) in [4.78, 5) is 0. The number of hydrogen-bond acceptors (Lipinski definition) is 2. The number of alkyl halides is 2. The SMILES string of the molecule is CCCCCCC1CCC(CC/C=C/c2cc(F)c(C(F)(F)Oc3cc(F)c(OC(F)=C(F)F)c(F)c3)c(F)c2)CC1. The van der Waals surface area contributed by atoms with Gasteiger partial charge in [0.05, 0.1) is 0 Å². The van der Waals surface area contributed by atoms with Crippen LogP contribution in [0.3, 0.4) is 0 Å². The van der Waals surface area contributed by atoms with Crippen LogP contribution in [0.5, 0.6) is 11.5 Å². The van der Waals surface area contributed by atoms with Gasteiger partial charge >= 0.3 is 18.2 Å². The molecule has 0 aromatic heterocycles. The van der Waals surface area contributed by atoms with Gasteiger partial charge in [0.1, 0.15) is 22.9 Å². The first-order chi connectivity index (χ1) is 19.9. The van der Waals surface area contributed by atoms with Gasteiger partial charge in [0.25, 0.3) is 0 Å². The van der Waals surface area contributed by atoms with Crippen molar-refractivity contribution in [3.63, 3.8) is 0 Å². The molecule has 2 nitrogen and oxygen atoms in total. The molecule has 0 N–H and O–H groups in total. The van der Waals surface area contributed by atoms with Gasteiger partial charge < -0.3 is 9.47 Å². The van der Waals surface area contributed by atoms with Crippen molar-refractivity contribution >= 4 is 6.08 Å². The van der Waals surface area contributed by atoms with E-state index in [9.17, 15) is 39.5 Å². The van der Waals surface area contributed by atoms with Crippen LogP contribution in [-0.4, -0.2) is 0 Å². The number of benzene rings is 2. The predicted octanol–water partition coefficient (Wildman–Crippen LogP) is 11.4. The molecule has 0 amide bonds. The van der Waals surface area contributed by atoms with Gasteiger partial charge in [0.2, 0.25) is 5.75 Å². The molecular weight excluding hydrogens is 575 g/mol. The molecule has 0 atom stereocenters. The number of ether oxygens (including phenoxy) is 2. The monoisotopic (exact) mass is 608 g/mol. The zero-order chi connectivity index (χ0) is 30.9. The van der Waals surface area contributed by atoms with Crippen molar-refractivity contribution in [2.45, 2.75) is 83.7 Å². The van der Waals surface area contributed by atoms with Crippen molar-refractivity contribution in [3.8, 4) is 11.5 Å². The van der Waals surface area contributed by atoms with Gasteiger partial charge in [-0.3, -0.25) is 0 Å². The van der Waals surface area contributed by atoms with E-state index >= 15 is 0 Å².